The molecule has 1 aromatic heterocycles. The van der Waals surface area contributed by atoms with Crippen molar-refractivity contribution in [1.82, 2.24) is 9.78 Å². The predicted octanol–water partition coefficient (Wildman–Crippen LogP) is 3.07. The van der Waals surface area contributed by atoms with E-state index in [2.05, 4.69) is 10.4 Å². The summed E-state index contributed by atoms with van der Waals surface area (Å²) in [5.74, 6) is 0.0485. The smallest absolute Gasteiger partial charge is 0.267 e. The highest BCUT2D eigenvalue weighted by molar-refractivity contribution is 6.36. The minimum absolute atomic E-state index is 0.154. The van der Waals surface area contributed by atoms with E-state index in [0.717, 1.165) is 18.5 Å². The van der Waals surface area contributed by atoms with E-state index in [0.29, 0.717) is 21.7 Å². The van der Waals surface area contributed by atoms with Crippen LogP contribution < -0.4 is 10.9 Å². The van der Waals surface area contributed by atoms with E-state index in [-0.39, 0.29) is 18.0 Å². The van der Waals surface area contributed by atoms with Gasteiger partial charge in [0.1, 0.15) is 6.54 Å². The number of rotatable bonds is 4. The van der Waals surface area contributed by atoms with Gasteiger partial charge in [0.05, 0.1) is 16.4 Å². The Morgan fingerprint density at radius 1 is 1.27 bits per heavy atom. The molecule has 7 heteroatoms. The van der Waals surface area contributed by atoms with Crippen LogP contribution in [0.1, 0.15) is 24.5 Å². The van der Waals surface area contributed by atoms with Gasteiger partial charge < -0.3 is 5.32 Å². The van der Waals surface area contributed by atoms with E-state index in [9.17, 15) is 9.59 Å². The second-order valence-electron chi connectivity index (χ2n) is 5.20. The molecule has 1 aliphatic carbocycles. The zero-order chi connectivity index (χ0) is 15.7. The summed E-state index contributed by atoms with van der Waals surface area (Å²) in [6, 6.07) is 7.95. The number of benzene rings is 1. The van der Waals surface area contributed by atoms with E-state index in [1.165, 1.54) is 16.8 Å². The summed E-state index contributed by atoms with van der Waals surface area (Å²) in [5, 5.41) is 7.71. The number of carbonyl (C=O) groups excluding carboxylic acids is 1. The van der Waals surface area contributed by atoms with Crippen molar-refractivity contribution in [2.45, 2.75) is 25.3 Å². The van der Waals surface area contributed by atoms with Gasteiger partial charge in [-0.05, 0) is 37.1 Å². The molecule has 1 heterocycles. The lowest BCUT2D eigenvalue weighted by Gasteiger charge is -2.09. The van der Waals surface area contributed by atoms with Gasteiger partial charge in [-0.3, -0.25) is 9.59 Å². The van der Waals surface area contributed by atoms with Crippen LogP contribution in [0.3, 0.4) is 0 Å². The van der Waals surface area contributed by atoms with E-state index < -0.39 is 0 Å². The minimum Gasteiger partial charge on any atom is -0.323 e. The maximum absolute atomic E-state index is 12.1. The molecule has 1 aliphatic rings. The highest BCUT2D eigenvalue weighted by atomic mass is 35.5. The topological polar surface area (TPSA) is 64.0 Å². The van der Waals surface area contributed by atoms with Gasteiger partial charge in [-0.2, -0.15) is 5.10 Å². The maximum atomic E-state index is 12.1. The predicted molar refractivity (Wildman–Crippen MR) is 85.6 cm³/mol. The van der Waals surface area contributed by atoms with Crippen LogP contribution in [0.25, 0.3) is 0 Å². The molecule has 0 atom stereocenters. The van der Waals surface area contributed by atoms with Crippen LogP contribution in [-0.2, 0) is 11.3 Å². The molecular formula is C15H13Cl2N3O2. The molecule has 1 aromatic carbocycles. The van der Waals surface area contributed by atoms with Crippen molar-refractivity contribution in [1.29, 1.82) is 0 Å². The van der Waals surface area contributed by atoms with Gasteiger partial charge in [0.15, 0.2) is 0 Å². The largest absolute Gasteiger partial charge is 0.323 e. The Morgan fingerprint density at radius 3 is 2.73 bits per heavy atom. The van der Waals surface area contributed by atoms with E-state index in [4.69, 9.17) is 23.2 Å². The second kappa shape index (κ2) is 6.10. The molecule has 2 aromatic rings. The normalized spacial score (nSPS) is 13.9. The molecule has 0 saturated heterocycles. The first-order valence-corrected chi connectivity index (χ1v) is 7.61. The Kier molecular flexibility index (Phi) is 4.18. The van der Waals surface area contributed by atoms with Crippen molar-refractivity contribution in [3.63, 3.8) is 0 Å². The summed E-state index contributed by atoms with van der Waals surface area (Å²) in [6.07, 6.45) is 2.16. The van der Waals surface area contributed by atoms with Crippen LogP contribution >= 0.6 is 23.2 Å². The molecule has 114 valence electrons. The van der Waals surface area contributed by atoms with Gasteiger partial charge >= 0.3 is 0 Å². The number of nitrogens with zero attached hydrogens (tertiary/aromatic N) is 2. The first-order chi connectivity index (χ1) is 10.5. The van der Waals surface area contributed by atoms with Crippen molar-refractivity contribution in [3.8, 4) is 0 Å². The Morgan fingerprint density at radius 2 is 2.05 bits per heavy atom. The van der Waals surface area contributed by atoms with Gasteiger partial charge in [-0.1, -0.05) is 23.2 Å². The average molecular weight is 338 g/mol. The van der Waals surface area contributed by atoms with Crippen molar-refractivity contribution >= 4 is 34.8 Å². The quantitative estimate of drug-likeness (QED) is 0.932. The number of nitrogens with one attached hydrogen (secondary N) is 1. The van der Waals surface area contributed by atoms with E-state index in [1.807, 2.05) is 0 Å². The van der Waals surface area contributed by atoms with E-state index in [1.54, 1.807) is 18.2 Å². The maximum Gasteiger partial charge on any atom is 0.267 e. The van der Waals surface area contributed by atoms with Crippen LogP contribution in [0.5, 0.6) is 0 Å². The lowest BCUT2D eigenvalue weighted by Crippen LogP contribution is -2.29. The van der Waals surface area contributed by atoms with E-state index >= 15 is 0 Å². The molecule has 0 bridgehead atoms. The van der Waals surface area contributed by atoms with Crippen LogP contribution in [0.2, 0.25) is 10.0 Å². The molecule has 1 amide bonds. The number of amides is 1. The number of halogens is 2. The summed E-state index contributed by atoms with van der Waals surface area (Å²) in [4.78, 5) is 23.9. The zero-order valence-corrected chi connectivity index (χ0v) is 13.1. The summed E-state index contributed by atoms with van der Waals surface area (Å²) in [6.45, 7) is -0.154. The monoisotopic (exact) mass is 337 g/mol. The number of anilines is 1. The van der Waals surface area contributed by atoms with Crippen molar-refractivity contribution < 1.29 is 4.79 Å². The fourth-order valence-electron chi connectivity index (χ4n) is 2.09. The first kappa shape index (κ1) is 15.1. The fraction of sp³-hybridized carbons (Fsp3) is 0.267. The van der Waals surface area contributed by atoms with Gasteiger partial charge in [-0.15, -0.1) is 0 Å². The first-order valence-electron chi connectivity index (χ1n) is 6.86. The lowest BCUT2D eigenvalue weighted by atomic mass is 10.3. The zero-order valence-electron chi connectivity index (χ0n) is 11.6. The summed E-state index contributed by atoms with van der Waals surface area (Å²) >= 11 is 11.8. The van der Waals surface area contributed by atoms with Crippen LogP contribution in [0.4, 0.5) is 5.69 Å². The SMILES string of the molecule is O=C(Cn1nc(C2CC2)ccc1=O)Nc1ccc(Cl)cc1Cl. The van der Waals surface area contributed by atoms with Gasteiger partial charge in [-0.25, -0.2) is 4.68 Å². The molecule has 22 heavy (non-hydrogen) atoms. The standard InChI is InChI=1S/C15H13Cl2N3O2/c16-10-3-4-13(11(17)7-10)18-14(21)8-20-15(22)6-5-12(19-20)9-1-2-9/h3-7,9H,1-2,8H2,(H,18,21). The number of carbonyl (C=O) groups is 1. The average Bonchev–Trinajstić information content (AvgIpc) is 3.29. The number of hydrogen-bond donors (Lipinski definition) is 1. The minimum atomic E-state index is -0.369. The van der Waals surface area contributed by atoms with Crippen molar-refractivity contribution in [2.24, 2.45) is 0 Å². The van der Waals surface area contributed by atoms with Gasteiger partial charge in [0.2, 0.25) is 5.91 Å². The Bertz CT molecular complexity index is 785. The fourth-order valence-corrected chi connectivity index (χ4v) is 2.55. The molecule has 0 radical (unpaired) electrons. The third-order valence-electron chi connectivity index (χ3n) is 3.38. The molecule has 1 saturated carbocycles. The highest BCUT2D eigenvalue weighted by Gasteiger charge is 2.25. The highest BCUT2D eigenvalue weighted by Crippen LogP contribution is 2.38. The summed E-state index contributed by atoms with van der Waals surface area (Å²) in [5.41, 5.74) is 1.00. The molecular weight excluding hydrogens is 325 g/mol. The molecule has 0 spiro atoms. The number of hydrogen-bond acceptors (Lipinski definition) is 3. The van der Waals surface area contributed by atoms with Gasteiger partial charge in [0.25, 0.3) is 5.56 Å². The van der Waals surface area contributed by atoms with Crippen LogP contribution in [-0.4, -0.2) is 15.7 Å². The second-order valence-corrected chi connectivity index (χ2v) is 6.04. The Hall–Kier alpha value is -1.85. The molecule has 0 unspecified atom stereocenters. The molecule has 1 fully saturated rings. The summed E-state index contributed by atoms with van der Waals surface area (Å²) < 4.78 is 1.17. The van der Waals surface area contributed by atoms with Gasteiger partial charge in [0, 0.05) is 17.0 Å². The Balaban J connectivity index is 1.74. The van der Waals surface area contributed by atoms with Crippen LogP contribution in [0.15, 0.2) is 35.1 Å². The van der Waals surface area contributed by atoms with Crippen molar-refractivity contribution in [3.05, 3.63) is 56.4 Å². The summed E-state index contributed by atoms with van der Waals surface area (Å²) in [7, 11) is 0. The van der Waals surface area contributed by atoms with Crippen molar-refractivity contribution in [2.75, 3.05) is 5.32 Å². The molecule has 1 N–H and O–H groups in total. The number of aromatic nitrogens is 2. The third-order valence-corrected chi connectivity index (χ3v) is 3.93. The van der Waals surface area contributed by atoms with Crippen LogP contribution in [0, 0.1) is 0 Å². The molecule has 5 nitrogen and oxygen atoms in total. The Labute approximate surface area is 136 Å². The molecule has 3 rings (SSSR count). The molecule has 0 aliphatic heterocycles. The third kappa shape index (κ3) is 3.48. The lowest BCUT2D eigenvalue weighted by molar-refractivity contribution is -0.117.